The second kappa shape index (κ2) is 9.03. The SMILES string of the molecule is COc1cc(NC(=O)CC2CCCC(N=[N+]=[N-])C2)cc(OC)c1OC. The summed E-state index contributed by atoms with van der Waals surface area (Å²) in [7, 11) is 4.59. The number of rotatable bonds is 7. The number of carbonyl (C=O) groups is 1. The minimum atomic E-state index is -0.0825. The van der Waals surface area contributed by atoms with E-state index in [-0.39, 0.29) is 17.9 Å². The van der Waals surface area contributed by atoms with Crippen molar-refractivity contribution >= 4 is 11.6 Å². The number of hydrogen-bond donors (Lipinski definition) is 1. The molecule has 0 heterocycles. The number of methoxy groups -OCH3 is 3. The van der Waals surface area contributed by atoms with Gasteiger partial charge in [-0.1, -0.05) is 11.5 Å². The Balaban J connectivity index is 2.03. The second-order valence-corrected chi connectivity index (χ2v) is 6.06. The Morgan fingerprint density at radius 1 is 1.24 bits per heavy atom. The van der Waals surface area contributed by atoms with Crippen LogP contribution in [-0.2, 0) is 4.79 Å². The number of nitrogens with one attached hydrogen (secondary N) is 1. The van der Waals surface area contributed by atoms with E-state index in [0.717, 1.165) is 25.7 Å². The quantitative estimate of drug-likeness (QED) is 0.458. The van der Waals surface area contributed by atoms with E-state index in [1.54, 1.807) is 12.1 Å². The van der Waals surface area contributed by atoms with Gasteiger partial charge in [0.15, 0.2) is 11.5 Å². The Kier molecular flexibility index (Phi) is 6.77. The van der Waals surface area contributed by atoms with Gasteiger partial charge in [0, 0.05) is 35.2 Å². The van der Waals surface area contributed by atoms with Gasteiger partial charge in [-0.2, -0.15) is 0 Å². The first-order chi connectivity index (χ1) is 12.1. The maximum atomic E-state index is 12.4. The standard InChI is InChI=1S/C17H24N4O4/c1-23-14-9-13(10-15(24-2)17(14)25-3)19-16(22)8-11-5-4-6-12(7-11)20-21-18/h9-12H,4-8H2,1-3H3,(H,19,22). The Hall–Kier alpha value is -2.60. The first-order valence-electron chi connectivity index (χ1n) is 8.25. The normalized spacial score (nSPS) is 19.5. The average molecular weight is 348 g/mol. The van der Waals surface area contributed by atoms with Gasteiger partial charge in [0.25, 0.3) is 0 Å². The number of ether oxygens (including phenoxy) is 3. The molecule has 1 aromatic carbocycles. The molecule has 2 atom stereocenters. The van der Waals surface area contributed by atoms with Gasteiger partial charge >= 0.3 is 0 Å². The molecule has 2 unspecified atom stereocenters. The van der Waals surface area contributed by atoms with Crippen molar-refractivity contribution < 1.29 is 19.0 Å². The molecule has 1 amide bonds. The third-order valence-electron chi connectivity index (χ3n) is 4.39. The zero-order chi connectivity index (χ0) is 18.2. The van der Waals surface area contributed by atoms with E-state index in [1.807, 2.05) is 0 Å². The zero-order valence-corrected chi connectivity index (χ0v) is 14.8. The molecule has 2 rings (SSSR count). The van der Waals surface area contributed by atoms with Crippen LogP contribution in [0.2, 0.25) is 0 Å². The molecular formula is C17H24N4O4. The zero-order valence-electron chi connectivity index (χ0n) is 14.8. The van der Waals surface area contributed by atoms with E-state index in [0.29, 0.717) is 29.4 Å². The monoisotopic (exact) mass is 348 g/mol. The van der Waals surface area contributed by atoms with Crippen LogP contribution in [0, 0.1) is 5.92 Å². The lowest BCUT2D eigenvalue weighted by Crippen LogP contribution is -2.23. The lowest BCUT2D eigenvalue weighted by atomic mass is 9.84. The minimum Gasteiger partial charge on any atom is -0.493 e. The minimum absolute atomic E-state index is 0.00211. The fourth-order valence-corrected chi connectivity index (χ4v) is 3.25. The number of anilines is 1. The van der Waals surface area contributed by atoms with Crippen molar-refractivity contribution in [1.82, 2.24) is 0 Å². The van der Waals surface area contributed by atoms with Gasteiger partial charge in [-0.15, -0.1) is 0 Å². The molecule has 0 spiro atoms. The average Bonchev–Trinajstić information content (AvgIpc) is 2.61. The van der Waals surface area contributed by atoms with Crippen LogP contribution in [0.4, 0.5) is 5.69 Å². The highest BCUT2D eigenvalue weighted by atomic mass is 16.5. The summed E-state index contributed by atoms with van der Waals surface area (Å²) in [6, 6.07) is 3.39. The van der Waals surface area contributed by atoms with Gasteiger partial charge in [0.1, 0.15) is 0 Å². The number of azide groups is 1. The van der Waals surface area contributed by atoms with Crippen molar-refractivity contribution in [2.24, 2.45) is 11.0 Å². The van der Waals surface area contributed by atoms with Gasteiger partial charge in [-0.05, 0) is 30.7 Å². The number of carbonyl (C=O) groups excluding carboxylic acids is 1. The first-order valence-corrected chi connectivity index (χ1v) is 8.25. The van der Waals surface area contributed by atoms with Crippen molar-refractivity contribution in [3.8, 4) is 17.2 Å². The maximum Gasteiger partial charge on any atom is 0.224 e. The van der Waals surface area contributed by atoms with Crippen LogP contribution in [0.5, 0.6) is 17.2 Å². The maximum absolute atomic E-state index is 12.4. The van der Waals surface area contributed by atoms with Crippen molar-refractivity contribution in [2.45, 2.75) is 38.1 Å². The van der Waals surface area contributed by atoms with E-state index in [4.69, 9.17) is 19.7 Å². The predicted octanol–water partition coefficient (Wildman–Crippen LogP) is 3.91. The van der Waals surface area contributed by atoms with E-state index in [2.05, 4.69) is 15.3 Å². The topological polar surface area (TPSA) is 106 Å². The molecule has 1 aliphatic rings. The summed E-state index contributed by atoms with van der Waals surface area (Å²) in [5, 5.41) is 6.67. The van der Waals surface area contributed by atoms with Gasteiger partial charge < -0.3 is 19.5 Å². The van der Waals surface area contributed by atoms with Crippen molar-refractivity contribution in [1.29, 1.82) is 0 Å². The molecule has 1 N–H and O–H groups in total. The third kappa shape index (κ3) is 4.93. The van der Waals surface area contributed by atoms with Crippen LogP contribution >= 0.6 is 0 Å². The molecule has 0 bridgehead atoms. The highest BCUT2D eigenvalue weighted by molar-refractivity contribution is 5.91. The molecule has 1 aliphatic carbocycles. The van der Waals surface area contributed by atoms with Gasteiger partial charge in [0.05, 0.1) is 21.3 Å². The van der Waals surface area contributed by atoms with Crippen molar-refractivity contribution in [3.05, 3.63) is 22.6 Å². The Morgan fingerprint density at radius 3 is 2.48 bits per heavy atom. The molecule has 0 radical (unpaired) electrons. The van der Waals surface area contributed by atoms with Crippen LogP contribution in [0.3, 0.4) is 0 Å². The number of amides is 1. The molecule has 8 heteroatoms. The first kappa shape index (κ1) is 18.7. The fraction of sp³-hybridized carbons (Fsp3) is 0.588. The van der Waals surface area contributed by atoms with E-state index in [9.17, 15) is 4.79 Å². The summed E-state index contributed by atoms with van der Waals surface area (Å²) in [6.45, 7) is 0. The molecule has 136 valence electrons. The van der Waals surface area contributed by atoms with Crippen molar-refractivity contribution in [3.63, 3.8) is 0 Å². The van der Waals surface area contributed by atoms with Gasteiger partial charge in [0.2, 0.25) is 11.7 Å². The number of hydrogen-bond acceptors (Lipinski definition) is 5. The highest BCUT2D eigenvalue weighted by Crippen LogP contribution is 2.40. The second-order valence-electron chi connectivity index (χ2n) is 6.06. The van der Waals surface area contributed by atoms with E-state index >= 15 is 0 Å². The van der Waals surface area contributed by atoms with E-state index < -0.39 is 0 Å². The Morgan fingerprint density at radius 2 is 1.92 bits per heavy atom. The Bertz CT molecular complexity index is 633. The third-order valence-corrected chi connectivity index (χ3v) is 4.39. The molecular weight excluding hydrogens is 324 g/mol. The Labute approximate surface area is 147 Å². The van der Waals surface area contributed by atoms with Crippen LogP contribution < -0.4 is 19.5 Å². The molecule has 0 saturated heterocycles. The summed E-state index contributed by atoms with van der Waals surface area (Å²) in [5.74, 6) is 1.59. The molecule has 1 aromatic rings. The van der Waals surface area contributed by atoms with Crippen LogP contribution in [0.15, 0.2) is 17.2 Å². The van der Waals surface area contributed by atoms with Crippen LogP contribution in [0.25, 0.3) is 10.4 Å². The molecule has 0 aromatic heterocycles. The molecule has 1 saturated carbocycles. The number of nitrogens with zero attached hydrogens (tertiary/aromatic N) is 3. The van der Waals surface area contributed by atoms with Crippen LogP contribution in [0.1, 0.15) is 32.1 Å². The summed E-state index contributed by atoms with van der Waals surface area (Å²) in [5.41, 5.74) is 9.15. The molecule has 8 nitrogen and oxygen atoms in total. The lowest BCUT2D eigenvalue weighted by Gasteiger charge is -2.25. The molecule has 0 aliphatic heterocycles. The van der Waals surface area contributed by atoms with Crippen molar-refractivity contribution in [2.75, 3.05) is 26.6 Å². The largest absolute Gasteiger partial charge is 0.493 e. The highest BCUT2D eigenvalue weighted by Gasteiger charge is 2.23. The summed E-state index contributed by atoms with van der Waals surface area (Å²) in [6.07, 6.45) is 4.00. The predicted molar refractivity (Wildman–Crippen MR) is 94.2 cm³/mol. The summed E-state index contributed by atoms with van der Waals surface area (Å²) in [4.78, 5) is 15.3. The molecule has 25 heavy (non-hydrogen) atoms. The van der Waals surface area contributed by atoms with Crippen LogP contribution in [-0.4, -0.2) is 33.3 Å². The van der Waals surface area contributed by atoms with Gasteiger partial charge in [-0.25, -0.2) is 0 Å². The summed E-state index contributed by atoms with van der Waals surface area (Å²) >= 11 is 0. The summed E-state index contributed by atoms with van der Waals surface area (Å²) < 4.78 is 15.9. The molecule has 1 fully saturated rings. The number of benzene rings is 1. The lowest BCUT2D eigenvalue weighted by molar-refractivity contribution is -0.117. The van der Waals surface area contributed by atoms with Gasteiger partial charge in [-0.3, -0.25) is 4.79 Å². The smallest absolute Gasteiger partial charge is 0.224 e. The fourth-order valence-electron chi connectivity index (χ4n) is 3.25. The van der Waals surface area contributed by atoms with E-state index in [1.165, 1.54) is 21.3 Å².